The number of para-hydroxylation sites is 3. The summed E-state index contributed by atoms with van der Waals surface area (Å²) in [5.41, 5.74) is 15.3. The van der Waals surface area contributed by atoms with Crippen LogP contribution in [0.4, 0.5) is 22.7 Å². The van der Waals surface area contributed by atoms with Crippen LogP contribution in [0.15, 0.2) is 200 Å². The topological polar surface area (TPSA) is 63.0 Å². The SMILES string of the molecule is CC(C)(C)c1ccnc(-n2c3[c-]c(-c4nc(-c5[c-]c(N6[CH-]N(c7c(-c8ccccc8)cc(C(C)(C)C)cc7-c7ccccc7)c7ccccc76)ccc5)nc(-c5ccccc5)n4)ccc3c3ccccc32)c1.[Pt]. The van der Waals surface area contributed by atoms with Crippen LogP contribution in [-0.2, 0) is 31.9 Å². The van der Waals surface area contributed by atoms with Gasteiger partial charge in [0.25, 0.3) is 0 Å². The molecule has 11 aromatic rings. The molecule has 1 aliphatic heterocycles. The third kappa shape index (κ3) is 8.82. The zero-order valence-electron chi connectivity index (χ0n) is 41.6. The van der Waals surface area contributed by atoms with Crippen molar-refractivity contribution in [2.45, 2.75) is 52.4 Å². The van der Waals surface area contributed by atoms with Gasteiger partial charge in [0, 0.05) is 66.5 Å². The molecule has 8 aromatic carbocycles. The molecular weight excluding hydrogens is 1070 g/mol. The second-order valence-electron chi connectivity index (χ2n) is 20.5. The van der Waals surface area contributed by atoms with E-state index in [1.807, 2.05) is 42.6 Å². The second kappa shape index (κ2) is 18.9. The zero-order chi connectivity index (χ0) is 49.1. The fourth-order valence-corrected chi connectivity index (χ4v) is 9.81. The Morgan fingerprint density at radius 3 is 1.63 bits per heavy atom. The van der Waals surface area contributed by atoms with E-state index in [4.69, 9.17) is 19.9 Å². The standard InChI is InChI=1S/C65H52N7.Pt/c1-64(2,3)48-35-36-66-59(41-48)72-55-30-17-16-29-51(55)52-34-33-47(38-58(52)72)63-68-61(45-25-14-9-15-26-45)67-62(69-63)46-27-20-28-50(37-46)70-42-71(57-32-19-18-31-56(57)70)60-53(43-21-10-7-11-22-43)39-49(65(4,5)6)40-54(60)44-23-12-8-13-24-44;/h7-36,39-42H,1-6H3;/q-3;. The number of anilines is 4. The average molecular weight is 1130 g/mol. The molecule has 0 bridgehead atoms. The van der Waals surface area contributed by atoms with Gasteiger partial charge < -0.3 is 19.4 Å². The number of pyridine rings is 1. The Balaban J connectivity index is 0.00000574. The van der Waals surface area contributed by atoms with E-state index in [0.29, 0.717) is 17.5 Å². The van der Waals surface area contributed by atoms with Crippen LogP contribution in [0.2, 0.25) is 0 Å². The molecule has 0 spiro atoms. The molecule has 4 heterocycles. The number of rotatable bonds is 8. The quantitative estimate of drug-likeness (QED) is 0.141. The predicted octanol–water partition coefficient (Wildman–Crippen LogP) is 16.3. The number of hydrogen-bond donors (Lipinski definition) is 0. The van der Waals surface area contributed by atoms with Gasteiger partial charge in [-0.1, -0.05) is 174 Å². The summed E-state index contributed by atoms with van der Waals surface area (Å²) in [7, 11) is 0. The first-order valence-corrected chi connectivity index (χ1v) is 24.6. The van der Waals surface area contributed by atoms with Crippen LogP contribution >= 0.6 is 0 Å². The number of fused-ring (bicyclic) bond motifs is 4. The Kier molecular flexibility index (Phi) is 12.2. The molecule has 0 amide bonds. The molecule has 0 atom stereocenters. The maximum Gasteiger partial charge on any atom is 0.144 e. The van der Waals surface area contributed by atoms with Crippen molar-refractivity contribution in [3.8, 4) is 62.2 Å². The van der Waals surface area contributed by atoms with Crippen molar-refractivity contribution in [3.63, 3.8) is 0 Å². The molecular formula is C65H52N7Pt-3. The third-order valence-electron chi connectivity index (χ3n) is 13.6. The molecule has 1 aliphatic rings. The van der Waals surface area contributed by atoms with Crippen molar-refractivity contribution >= 4 is 44.6 Å². The summed E-state index contributed by atoms with van der Waals surface area (Å²) in [4.78, 5) is 25.1. The van der Waals surface area contributed by atoms with Crippen LogP contribution in [0.1, 0.15) is 52.7 Å². The normalized spacial score (nSPS) is 12.6. The largest absolute Gasteiger partial charge is 0.488 e. The van der Waals surface area contributed by atoms with Gasteiger partial charge in [-0.05, 0) is 86.5 Å². The molecule has 8 heteroatoms. The van der Waals surface area contributed by atoms with Crippen molar-refractivity contribution in [2.75, 3.05) is 9.80 Å². The third-order valence-corrected chi connectivity index (χ3v) is 13.6. The first-order valence-electron chi connectivity index (χ1n) is 24.6. The minimum Gasteiger partial charge on any atom is -0.488 e. The molecule has 0 saturated carbocycles. The van der Waals surface area contributed by atoms with E-state index in [9.17, 15) is 0 Å². The fourth-order valence-electron chi connectivity index (χ4n) is 9.81. The molecule has 0 fully saturated rings. The molecule has 0 saturated heterocycles. The Hall–Kier alpha value is -7.99. The molecule has 0 aliphatic carbocycles. The van der Waals surface area contributed by atoms with Gasteiger partial charge in [-0.2, -0.15) is 0 Å². The summed E-state index contributed by atoms with van der Waals surface area (Å²) in [5.74, 6) is 2.42. The number of aromatic nitrogens is 5. The van der Waals surface area contributed by atoms with E-state index < -0.39 is 0 Å². The molecule has 0 N–H and O–H groups in total. The van der Waals surface area contributed by atoms with Gasteiger partial charge in [-0.3, -0.25) is 9.97 Å². The molecule has 73 heavy (non-hydrogen) atoms. The average Bonchev–Trinajstić information content (AvgIpc) is 3.97. The number of hydrogen-bond acceptors (Lipinski definition) is 6. The second-order valence-corrected chi connectivity index (χ2v) is 20.5. The summed E-state index contributed by atoms with van der Waals surface area (Å²) < 4.78 is 2.21. The monoisotopic (exact) mass is 1130 g/mol. The van der Waals surface area contributed by atoms with E-state index in [2.05, 4.69) is 232 Å². The van der Waals surface area contributed by atoms with Gasteiger partial charge in [0.2, 0.25) is 0 Å². The van der Waals surface area contributed by atoms with E-state index in [0.717, 1.165) is 89.3 Å². The van der Waals surface area contributed by atoms with E-state index in [-0.39, 0.29) is 31.9 Å². The van der Waals surface area contributed by atoms with Gasteiger partial charge >= 0.3 is 0 Å². The van der Waals surface area contributed by atoms with Gasteiger partial charge in [0.05, 0.1) is 11.6 Å². The Labute approximate surface area is 442 Å². The molecule has 360 valence electrons. The van der Waals surface area contributed by atoms with Crippen LogP contribution in [0.25, 0.3) is 84.0 Å². The maximum atomic E-state index is 5.25. The van der Waals surface area contributed by atoms with Crippen LogP contribution < -0.4 is 9.80 Å². The van der Waals surface area contributed by atoms with Gasteiger partial charge in [0.1, 0.15) is 11.6 Å². The summed E-state index contributed by atoms with van der Waals surface area (Å²) in [6, 6.07) is 75.7. The number of nitrogens with zero attached hydrogens (tertiary/aromatic N) is 7. The van der Waals surface area contributed by atoms with Crippen molar-refractivity contribution in [3.05, 3.63) is 230 Å². The van der Waals surface area contributed by atoms with E-state index in [1.165, 1.54) is 11.1 Å². The zero-order valence-corrected chi connectivity index (χ0v) is 43.8. The predicted molar refractivity (Wildman–Crippen MR) is 296 cm³/mol. The summed E-state index contributed by atoms with van der Waals surface area (Å²) in [6.45, 7) is 15.7. The number of benzene rings is 8. The molecule has 0 radical (unpaired) electrons. The van der Waals surface area contributed by atoms with Crippen molar-refractivity contribution < 1.29 is 21.1 Å². The molecule has 3 aromatic heterocycles. The Morgan fingerprint density at radius 2 is 1.00 bits per heavy atom. The smallest absolute Gasteiger partial charge is 0.144 e. The Morgan fingerprint density at radius 1 is 0.452 bits per heavy atom. The van der Waals surface area contributed by atoms with Gasteiger partial charge in [0.15, 0.2) is 0 Å². The van der Waals surface area contributed by atoms with Crippen molar-refractivity contribution in [1.82, 2.24) is 24.5 Å². The molecule has 0 unspecified atom stereocenters. The maximum absolute atomic E-state index is 5.25. The van der Waals surface area contributed by atoms with Gasteiger partial charge in [-0.15, -0.1) is 60.3 Å². The first-order chi connectivity index (χ1) is 35.0. The van der Waals surface area contributed by atoms with Crippen LogP contribution in [0.3, 0.4) is 0 Å². The summed E-state index contributed by atoms with van der Waals surface area (Å²) in [5, 5.41) is 2.20. The Bertz CT molecular complexity index is 3760. The van der Waals surface area contributed by atoms with Gasteiger partial charge in [-0.25, -0.2) is 4.98 Å². The van der Waals surface area contributed by atoms with Crippen LogP contribution in [0, 0.1) is 18.8 Å². The fraction of sp³-hybridized carbons (Fsp3) is 0.123. The van der Waals surface area contributed by atoms with E-state index >= 15 is 0 Å². The molecule has 7 nitrogen and oxygen atoms in total. The summed E-state index contributed by atoms with van der Waals surface area (Å²) in [6.07, 6.45) is 1.90. The van der Waals surface area contributed by atoms with Crippen LogP contribution in [-0.4, -0.2) is 24.5 Å². The van der Waals surface area contributed by atoms with Crippen molar-refractivity contribution in [1.29, 1.82) is 0 Å². The summed E-state index contributed by atoms with van der Waals surface area (Å²) >= 11 is 0. The van der Waals surface area contributed by atoms with Crippen molar-refractivity contribution in [2.24, 2.45) is 0 Å². The van der Waals surface area contributed by atoms with E-state index in [1.54, 1.807) is 0 Å². The van der Waals surface area contributed by atoms with Crippen LogP contribution in [0.5, 0.6) is 0 Å². The first kappa shape index (κ1) is 47.3. The molecule has 12 rings (SSSR count). The minimum absolute atomic E-state index is 0. The minimum atomic E-state index is -0.0875.